The Morgan fingerprint density at radius 1 is 1.15 bits per heavy atom. The van der Waals surface area contributed by atoms with Crippen LogP contribution in [0.15, 0.2) is 24.3 Å². The minimum absolute atomic E-state index is 0.00465. The number of hydrogen-bond donors (Lipinski definition) is 2. The summed E-state index contributed by atoms with van der Waals surface area (Å²) in [5, 5.41) is 2.62. The van der Waals surface area contributed by atoms with Gasteiger partial charge in [0.2, 0.25) is 0 Å². The van der Waals surface area contributed by atoms with Gasteiger partial charge in [-0.1, -0.05) is 18.5 Å². The number of halogens is 3. The number of hydrogen-bond acceptors (Lipinski definition) is 8. The molecule has 0 unspecified atom stereocenters. The normalized spacial score (nSPS) is 19.2. The number of carbonyl (C=O) groups excluding carboxylic acids is 2. The summed E-state index contributed by atoms with van der Waals surface area (Å²) in [5.41, 5.74) is 6.45. The number of aromatic nitrogens is 2. The van der Waals surface area contributed by atoms with Crippen LogP contribution < -0.4 is 20.7 Å². The second-order valence-corrected chi connectivity index (χ2v) is 10.2. The van der Waals surface area contributed by atoms with Crippen LogP contribution >= 0.6 is 11.6 Å². The van der Waals surface area contributed by atoms with Crippen LogP contribution in [-0.2, 0) is 0 Å². The van der Waals surface area contributed by atoms with Crippen molar-refractivity contribution in [1.82, 2.24) is 25.1 Å². The van der Waals surface area contributed by atoms with E-state index in [0.717, 1.165) is 25.8 Å². The molecule has 1 aromatic heterocycles. The third kappa shape index (κ3) is 6.67. The van der Waals surface area contributed by atoms with Gasteiger partial charge in [0.05, 0.1) is 0 Å². The number of nitrogens with two attached hydrogens (primary N) is 1. The molecule has 3 N–H and O–H groups in total. The fourth-order valence-electron chi connectivity index (χ4n) is 5.27. The van der Waals surface area contributed by atoms with E-state index in [2.05, 4.69) is 36.7 Å². The highest BCUT2D eigenvalue weighted by Gasteiger charge is 2.35. The van der Waals surface area contributed by atoms with E-state index < -0.39 is 12.0 Å². The molecule has 1 aromatic carbocycles. The number of alkyl halides is 2. The number of anilines is 2. The number of nitrogens with one attached hydrogen (secondary N) is 1. The van der Waals surface area contributed by atoms with Crippen LogP contribution in [0.25, 0.3) is 0 Å². The lowest BCUT2D eigenvalue weighted by molar-refractivity contribution is -0.158. The average Bonchev–Trinajstić information content (AvgIpc) is 2.92. The Bertz CT molecular complexity index is 1190. The number of nitrogen functional groups attached to an aromatic ring is 1. The number of piperazine rings is 1. The summed E-state index contributed by atoms with van der Waals surface area (Å²) < 4.78 is 30.7. The summed E-state index contributed by atoms with van der Waals surface area (Å²) in [6, 6.07) is 6.38. The van der Waals surface area contributed by atoms with E-state index in [0.29, 0.717) is 50.5 Å². The van der Waals surface area contributed by atoms with Gasteiger partial charge in [-0.25, -0.2) is 9.97 Å². The molecule has 2 fully saturated rings. The molecule has 0 radical (unpaired) electrons. The molecule has 2 amide bonds. The van der Waals surface area contributed by atoms with Crippen LogP contribution in [0.3, 0.4) is 0 Å². The molecule has 2 aliphatic rings. The first-order chi connectivity index (χ1) is 18.5. The maximum absolute atomic E-state index is 13.1. The van der Waals surface area contributed by atoms with E-state index in [9.17, 15) is 18.4 Å². The van der Waals surface area contributed by atoms with Crippen LogP contribution in [0.1, 0.15) is 54.0 Å². The van der Waals surface area contributed by atoms with Crippen molar-refractivity contribution in [2.75, 3.05) is 50.4 Å². The Labute approximate surface area is 231 Å². The maximum Gasteiger partial charge on any atom is 0.394 e. The zero-order valence-electron chi connectivity index (χ0n) is 22.3. The third-order valence-electron chi connectivity index (χ3n) is 7.22. The summed E-state index contributed by atoms with van der Waals surface area (Å²) >= 11 is 6.40. The summed E-state index contributed by atoms with van der Waals surface area (Å²) in [6.07, 6.45) is -0.697. The second kappa shape index (κ2) is 11.9. The molecule has 10 nitrogen and oxygen atoms in total. The van der Waals surface area contributed by atoms with Crippen molar-refractivity contribution in [2.45, 2.75) is 51.3 Å². The first kappa shape index (κ1) is 28.8. The lowest BCUT2D eigenvalue weighted by atomic mass is 9.97. The van der Waals surface area contributed by atoms with E-state index in [1.807, 2.05) is 4.90 Å². The predicted octanol–water partition coefficient (Wildman–Crippen LogP) is 3.27. The molecule has 39 heavy (non-hydrogen) atoms. The third-order valence-corrected chi connectivity index (χ3v) is 7.48. The Morgan fingerprint density at radius 2 is 1.82 bits per heavy atom. The van der Waals surface area contributed by atoms with Gasteiger partial charge < -0.3 is 25.6 Å². The van der Waals surface area contributed by atoms with Crippen molar-refractivity contribution in [3.8, 4) is 5.75 Å². The fourth-order valence-corrected chi connectivity index (χ4v) is 5.51. The fraction of sp³-hybridized carbons (Fsp3) is 0.538. The number of ether oxygens (including phenoxy) is 1. The summed E-state index contributed by atoms with van der Waals surface area (Å²) in [4.78, 5) is 39.9. The quantitative estimate of drug-likeness (QED) is 0.525. The molecule has 1 atom stereocenters. The van der Waals surface area contributed by atoms with E-state index >= 15 is 0 Å². The number of likely N-dealkylation sites (tertiary alicyclic amines) is 1. The van der Waals surface area contributed by atoms with Gasteiger partial charge >= 0.3 is 6.11 Å². The Morgan fingerprint density at radius 3 is 2.41 bits per heavy atom. The van der Waals surface area contributed by atoms with Gasteiger partial charge in [0.1, 0.15) is 5.75 Å². The molecule has 3 heterocycles. The molecule has 0 spiro atoms. The lowest BCUT2D eigenvalue weighted by Crippen LogP contribution is -2.58. The van der Waals surface area contributed by atoms with Crippen molar-refractivity contribution in [3.63, 3.8) is 0 Å². The van der Waals surface area contributed by atoms with Gasteiger partial charge in [0.15, 0.2) is 22.5 Å². The molecule has 0 bridgehead atoms. The summed E-state index contributed by atoms with van der Waals surface area (Å²) in [6.45, 7) is 6.18. The molecule has 13 heteroatoms. The van der Waals surface area contributed by atoms with Crippen molar-refractivity contribution < 1.29 is 23.1 Å². The SMILES string of the molecule is CC[C@H]1CN(c2nc(N)c(C(=O)NC)nc2Cl)CCN1C1CCN(C(=O)c2ccc(OC(C)(F)F)cc2)CC1. The minimum Gasteiger partial charge on any atom is -0.433 e. The zero-order chi connectivity index (χ0) is 28.3. The van der Waals surface area contributed by atoms with Crippen LogP contribution in [0.5, 0.6) is 5.75 Å². The predicted molar refractivity (Wildman–Crippen MR) is 144 cm³/mol. The molecule has 0 saturated carbocycles. The number of carbonyl (C=O) groups is 2. The highest BCUT2D eigenvalue weighted by atomic mass is 35.5. The average molecular weight is 566 g/mol. The molecule has 2 aromatic rings. The molecular formula is C26H34ClF2N7O3. The molecule has 2 saturated heterocycles. The van der Waals surface area contributed by atoms with Crippen LogP contribution in [0.4, 0.5) is 20.4 Å². The smallest absolute Gasteiger partial charge is 0.394 e. The summed E-state index contributed by atoms with van der Waals surface area (Å²) in [7, 11) is 1.49. The van der Waals surface area contributed by atoms with E-state index in [-0.39, 0.29) is 34.4 Å². The monoisotopic (exact) mass is 565 g/mol. The van der Waals surface area contributed by atoms with E-state index in [1.165, 1.54) is 31.3 Å². The van der Waals surface area contributed by atoms with Crippen LogP contribution in [-0.4, -0.2) is 89.5 Å². The molecule has 4 rings (SSSR count). The first-order valence-electron chi connectivity index (χ1n) is 13.0. The Hall–Kier alpha value is -3.25. The van der Waals surface area contributed by atoms with E-state index in [1.54, 1.807) is 0 Å². The molecular weight excluding hydrogens is 532 g/mol. The number of piperidine rings is 1. The minimum atomic E-state index is -3.28. The lowest BCUT2D eigenvalue weighted by Gasteiger charge is -2.47. The van der Waals surface area contributed by atoms with Gasteiger partial charge in [0.25, 0.3) is 11.8 Å². The van der Waals surface area contributed by atoms with Crippen LogP contribution in [0.2, 0.25) is 5.15 Å². The van der Waals surface area contributed by atoms with Gasteiger partial charge in [-0.05, 0) is 43.5 Å². The number of nitrogens with zero attached hydrogens (tertiary/aromatic N) is 5. The molecule has 2 aliphatic heterocycles. The maximum atomic E-state index is 13.1. The molecule has 0 aliphatic carbocycles. The summed E-state index contributed by atoms with van der Waals surface area (Å²) in [5.74, 6) is -0.0427. The topological polar surface area (TPSA) is 117 Å². The van der Waals surface area contributed by atoms with Crippen molar-refractivity contribution >= 4 is 35.1 Å². The zero-order valence-corrected chi connectivity index (χ0v) is 23.0. The Balaban J connectivity index is 1.35. The largest absolute Gasteiger partial charge is 0.433 e. The first-order valence-corrected chi connectivity index (χ1v) is 13.4. The standard InChI is InChI=1S/C26H34ClF2N7O3/c1-4-17-15-35(23-21(27)32-20(22(30)33-23)24(37)31-3)13-14-36(17)18-9-11-34(12-10-18)25(38)16-5-7-19(8-6-16)39-26(2,28)29/h5-8,17-18H,4,9-15H2,1-3H3,(H2,30,33)(H,31,37)/t17-/m0/s1. The van der Waals surface area contributed by atoms with Gasteiger partial charge in [-0.15, -0.1) is 0 Å². The van der Waals surface area contributed by atoms with Gasteiger partial charge in [-0.3, -0.25) is 14.5 Å². The Kier molecular flexibility index (Phi) is 8.75. The van der Waals surface area contributed by atoms with Crippen molar-refractivity contribution in [3.05, 3.63) is 40.7 Å². The van der Waals surface area contributed by atoms with Gasteiger partial charge in [-0.2, -0.15) is 8.78 Å². The molecule has 212 valence electrons. The highest BCUT2D eigenvalue weighted by molar-refractivity contribution is 6.32. The van der Waals surface area contributed by atoms with Crippen molar-refractivity contribution in [1.29, 1.82) is 0 Å². The van der Waals surface area contributed by atoms with E-state index in [4.69, 9.17) is 17.3 Å². The highest BCUT2D eigenvalue weighted by Crippen LogP contribution is 2.30. The van der Waals surface area contributed by atoms with Gasteiger partial charge in [0, 0.05) is 64.3 Å². The second-order valence-electron chi connectivity index (χ2n) is 9.85. The van der Waals surface area contributed by atoms with Crippen LogP contribution in [0, 0.1) is 0 Å². The number of amides is 2. The number of benzene rings is 1. The van der Waals surface area contributed by atoms with Crippen molar-refractivity contribution in [2.24, 2.45) is 0 Å². The number of rotatable bonds is 7.